The average Bonchev–Trinajstić information content (AvgIpc) is 2.88. The molecule has 1 saturated heterocycles. The van der Waals surface area contributed by atoms with Gasteiger partial charge in [-0.25, -0.2) is 4.39 Å². The fourth-order valence-electron chi connectivity index (χ4n) is 5.10. The number of benzene rings is 2. The van der Waals surface area contributed by atoms with Crippen LogP contribution in [0.1, 0.15) is 43.0 Å². The summed E-state index contributed by atoms with van der Waals surface area (Å²) < 4.78 is 19.9. The zero-order chi connectivity index (χ0) is 23.9. The van der Waals surface area contributed by atoms with Gasteiger partial charge in [-0.3, -0.25) is 9.78 Å². The molecule has 6 heteroatoms. The molecule has 0 aliphatic carbocycles. The Balaban J connectivity index is 1.31. The fourth-order valence-corrected chi connectivity index (χ4v) is 5.10. The summed E-state index contributed by atoms with van der Waals surface area (Å²) in [5, 5.41) is 11.0. The highest BCUT2D eigenvalue weighted by atomic mass is 19.1. The Morgan fingerprint density at radius 3 is 2.82 bits per heavy atom. The van der Waals surface area contributed by atoms with E-state index in [0.29, 0.717) is 25.1 Å². The Bertz CT molecular complexity index is 1090. The molecule has 0 unspecified atom stereocenters. The lowest BCUT2D eigenvalue weighted by molar-refractivity contribution is -0.146. The Morgan fingerprint density at radius 1 is 1.24 bits per heavy atom. The number of methoxy groups -OCH3 is 1. The van der Waals surface area contributed by atoms with Crippen molar-refractivity contribution in [3.8, 4) is 5.75 Å². The van der Waals surface area contributed by atoms with Crippen molar-refractivity contribution >= 4 is 16.9 Å². The third-order valence-corrected chi connectivity index (χ3v) is 7.08. The molecule has 5 nitrogen and oxygen atoms in total. The number of pyridine rings is 1. The first-order valence-electron chi connectivity index (χ1n) is 12.1. The lowest BCUT2D eigenvalue weighted by atomic mass is 9.81. The summed E-state index contributed by atoms with van der Waals surface area (Å²) in [6.07, 6.45) is 4.70. The number of nitrogens with zero attached hydrogens (tertiary/aromatic N) is 2. The van der Waals surface area contributed by atoms with Crippen LogP contribution >= 0.6 is 0 Å². The number of likely N-dealkylation sites (tertiary alicyclic amines) is 1. The molecule has 3 atom stereocenters. The first-order chi connectivity index (χ1) is 16.5. The molecule has 34 heavy (non-hydrogen) atoms. The van der Waals surface area contributed by atoms with Gasteiger partial charge in [0.25, 0.3) is 0 Å². The van der Waals surface area contributed by atoms with E-state index in [0.717, 1.165) is 48.9 Å². The number of hydrogen-bond acceptors (Lipinski definition) is 4. The van der Waals surface area contributed by atoms with Crippen LogP contribution in [0, 0.1) is 11.8 Å². The van der Waals surface area contributed by atoms with Crippen molar-refractivity contribution in [2.75, 3.05) is 26.7 Å². The molecular weight excluding hydrogens is 431 g/mol. The second-order valence-corrected chi connectivity index (χ2v) is 9.21. The number of aliphatic carboxylic acids is 1. The third-order valence-electron chi connectivity index (χ3n) is 7.08. The Labute approximate surface area is 200 Å². The molecule has 1 aromatic heterocycles. The van der Waals surface area contributed by atoms with Crippen LogP contribution in [0.4, 0.5) is 4.39 Å². The number of alkyl halides is 1. The van der Waals surface area contributed by atoms with Crippen LogP contribution in [0.2, 0.25) is 0 Å². The lowest BCUT2D eigenvalue weighted by Crippen LogP contribution is -2.44. The number of rotatable bonds is 10. The predicted molar refractivity (Wildman–Crippen MR) is 132 cm³/mol. The molecule has 1 aliphatic rings. The van der Waals surface area contributed by atoms with E-state index in [1.165, 1.54) is 5.56 Å². The largest absolute Gasteiger partial charge is 0.497 e. The van der Waals surface area contributed by atoms with Crippen LogP contribution < -0.4 is 4.74 Å². The second kappa shape index (κ2) is 11.4. The van der Waals surface area contributed by atoms with Gasteiger partial charge in [0.05, 0.1) is 18.5 Å². The van der Waals surface area contributed by atoms with E-state index in [-0.39, 0.29) is 5.92 Å². The molecule has 2 heterocycles. The smallest absolute Gasteiger partial charge is 0.308 e. The number of carboxylic acid groups (broad SMARTS) is 1. The van der Waals surface area contributed by atoms with E-state index >= 15 is 0 Å². The third kappa shape index (κ3) is 5.92. The highest BCUT2D eigenvalue weighted by Gasteiger charge is 2.34. The highest BCUT2D eigenvalue weighted by Crippen LogP contribution is 2.31. The SMILES string of the molecule is COc1ccc2nccc(CCC[C@@H]3CCN(CC[C@H](F)c4ccccc4)C[C@@H]3C(=O)O)c2c1. The number of aromatic nitrogens is 1. The number of carbonyl (C=O) groups is 1. The summed E-state index contributed by atoms with van der Waals surface area (Å²) in [6, 6.07) is 17.1. The quantitative estimate of drug-likeness (QED) is 0.418. The van der Waals surface area contributed by atoms with Crippen LogP contribution in [-0.2, 0) is 11.2 Å². The highest BCUT2D eigenvalue weighted by molar-refractivity contribution is 5.83. The minimum absolute atomic E-state index is 0.145. The van der Waals surface area contributed by atoms with Crippen molar-refractivity contribution in [2.45, 2.75) is 38.3 Å². The molecule has 0 saturated carbocycles. The van der Waals surface area contributed by atoms with Gasteiger partial charge in [0.1, 0.15) is 11.9 Å². The summed E-state index contributed by atoms with van der Waals surface area (Å²) in [4.78, 5) is 18.6. The molecule has 0 amide bonds. The van der Waals surface area contributed by atoms with E-state index in [2.05, 4.69) is 9.88 Å². The molecule has 1 aliphatic heterocycles. The zero-order valence-electron chi connectivity index (χ0n) is 19.7. The van der Waals surface area contributed by atoms with Gasteiger partial charge in [0, 0.05) is 24.7 Å². The summed E-state index contributed by atoms with van der Waals surface area (Å²) in [6.45, 7) is 1.90. The molecule has 0 spiro atoms. The van der Waals surface area contributed by atoms with Crippen LogP contribution in [0.25, 0.3) is 10.9 Å². The molecule has 4 rings (SSSR count). The van der Waals surface area contributed by atoms with Crippen molar-refractivity contribution in [1.29, 1.82) is 0 Å². The summed E-state index contributed by atoms with van der Waals surface area (Å²) in [5.41, 5.74) is 2.84. The van der Waals surface area contributed by atoms with Crippen molar-refractivity contribution in [2.24, 2.45) is 11.8 Å². The first kappa shape index (κ1) is 24.1. The molecule has 0 bridgehead atoms. The van der Waals surface area contributed by atoms with Gasteiger partial charge >= 0.3 is 5.97 Å². The Kier molecular flexibility index (Phi) is 8.12. The average molecular weight is 465 g/mol. The Hall–Kier alpha value is -2.99. The molecule has 180 valence electrons. The molecular formula is C28H33FN2O3. The minimum atomic E-state index is -1.02. The van der Waals surface area contributed by atoms with E-state index < -0.39 is 18.1 Å². The fraction of sp³-hybridized carbons (Fsp3) is 0.429. The van der Waals surface area contributed by atoms with E-state index in [9.17, 15) is 14.3 Å². The van der Waals surface area contributed by atoms with Crippen molar-refractivity contribution in [1.82, 2.24) is 9.88 Å². The lowest BCUT2D eigenvalue weighted by Gasteiger charge is -2.37. The summed E-state index contributed by atoms with van der Waals surface area (Å²) >= 11 is 0. The van der Waals surface area contributed by atoms with Crippen LogP contribution in [0.3, 0.4) is 0 Å². The monoisotopic (exact) mass is 464 g/mol. The number of fused-ring (bicyclic) bond motifs is 1. The van der Waals surface area contributed by atoms with Gasteiger partial charge in [0.15, 0.2) is 0 Å². The normalized spacial score (nSPS) is 19.7. The van der Waals surface area contributed by atoms with Gasteiger partial charge < -0.3 is 14.7 Å². The summed E-state index contributed by atoms with van der Waals surface area (Å²) in [7, 11) is 1.66. The topological polar surface area (TPSA) is 62.7 Å². The number of piperidine rings is 1. The zero-order valence-corrected chi connectivity index (χ0v) is 19.7. The molecule has 2 aromatic carbocycles. The number of halogens is 1. The minimum Gasteiger partial charge on any atom is -0.497 e. The number of hydrogen-bond donors (Lipinski definition) is 1. The Morgan fingerprint density at radius 2 is 2.06 bits per heavy atom. The van der Waals surface area contributed by atoms with Crippen molar-refractivity contribution in [3.63, 3.8) is 0 Å². The van der Waals surface area contributed by atoms with E-state index in [4.69, 9.17) is 4.74 Å². The predicted octanol–water partition coefficient (Wildman–Crippen LogP) is 5.69. The number of carboxylic acids is 1. The maximum atomic E-state index is 14.6. The van der Waals surface area contributed by atoms with Crippen LogP contribution in [0.15, 0.2) is 60.8 Å². The van der Waals surface area contributed by atoms with Gasteiger partial charge in [-0.2, -0.15) is 0 Å². The van der Waals surface area contributed by atoms with Crippen molar-refractivity contribution < 1.29 is 19.0 Å². The molecule has 1 N–H and O–H groups in total. The van der Waals surface area contributed by atoms with E-state index in [1.54, 1.807) is 19.2 Å². The second-order valence-electron chi connectivity index (χ2n) is 9.21. The van der Waals surface area contributed by atoms with E-state index in [1.807, 2.05) is 48.7 Å². The first-order valence-corrected chi connectivity index (χ1v) is 12.1. The van der Waals surface area contributed by atoms with Gasteiger partial charge in [-0.1, -0.05) is 30.3 Å². The van der Waals surface area contributed by atoms with Gasteiger partial charge in [0.2, 0.25) is 0 Å². The van der Waals surface area contributed by atoms with Crippen LogP contribution in [0.5, 0.6) is 5.75 Å². The van der Waals surface area contributed by atoms with Gasteiger partial charge in [-0.15, -0.1) is 0 Å². The van der Waals surface area contributed by atoms with Crippen LogP contribution in [-0.4, -0.2) is 47.7 Å². The molecule has 1 fully saturated rings. The standard InChI is InChI=1S/C28H33FN2O3/c1-34-23-10-11-27-24(18-23)20(12-15-30-27)8-5-9-21-13-16-31(19-25(21)28(32)33)17-14-26(29)22-6-3-2-4-7-22/h2-4,6-7,10-12,15,18,21,25-26H,5,8-9,13-14,16-17,19H2,1H3,(H,32,33)/t21-,25+,26+/m1/s1. The molecule has 3 aromatic rings. The van der Waals surface area contributed by atoms with Gasteiger partial charge in [-0.05, 0) is 80.0 Å². The van der Waals surface area contributed by atoms with Crippen molar-refractivity contribution in [3.05, 3.63) is 71.9 Å². The number of ether oxygens (including phenoxy) is 1. The summed E-state index contributed by atoms with van der Waals surface area (Å²) in [5.74, 6) is -0.194. The molecule has 0 radical (unpaired) electrons. The number of aryl methyl sites for hydroxylation is 1. The maximum Gasteiger partial charge on any atom is 0.308 e. The maximum absolute atomic E-state index is 14.6.